The second kappa shape index (κ2) is 11.4. The van der Waals surface area contributed by atoms with Crippen LogP contribution in [0.25, 0.3) is 0 Å². The van der Waals surface area contributed by atoms with Crippen molar-refractivity contribution in [3.8, 4) is 5.75 Å². The highest BCUT2D eigenvalue weighted by Crippen LogP contribution is 2.34. The number of aliphatic hydroxyl groups is 1. The number of para-hydroxylation sites is 1. The fraction of sp³-hybridized carbons (Fsp3) is 0.259. The van der Waals surface area contributed by atoms with Gasteiger partial charge in [-0.2, -0.15) is 4.98 Å². The zero-order chi connectivity index (χ0) is 23.2. The van der Waals surface area contributed by atoms with Crippen LogP contribution in [-0.4, -0.2) is 47.0 Å². The van der Waals surface area contributed by atoms with Gasteiger partial charge in [0.15, 0.2) is 12.1 Å². The van der Waals surface area contributed by atoms with E-state index in [4.69, 9.17) is 9.26 Å². The maximum absolute atomic E-state index is 11.8. The molecule has 0 atom stereocenters. The molecule has 0 aliphatic carbocycles. The van der Waals surface area contributed by atoms with Crippen molar-refractivity contribution in [2.24, 2.45) is 0 Å². The van der Waals surface area contributed by atoms with Gasteiger partial charge >= 0.3 is 0 Å². The molecule has 0 saturated carbocycles. The lowest BCUT2D eigenvalue weighted by Gasteiger charge is -2.28. The summed E-state index contributed by atoms with van der Waals surface area (Å²) in [5.74, 6) is 1.61. The third kappa shape index (κ3) is 6.11. The lowest BCUT2D eigenvalue weighted by atomic mass is 9.85. The number of hydrogen-bond acceptors (Lipinski definition) is 5. The Bertz CT molecular complexity index is 1100. The number of aromatic nitrogens is 2. The van der Waals surface area contributed by atoms with Gasteiger partial charge < -0.3 is 35.8 Å². The van der Waals surface area contributed by atoms with Crippen molar-refractivity contribution >= 4 is 0 Å². The van der Waals surface area contributed by atoms with Crippen molar-refractivity contribution in [2.45, 2.75) is 18.6 Å². The van der Waals surface area contributed by atoms with Crippen LogP contribution in [0.15, 0.2) is 95.5 Å². The van der Waals surface area contributed by atoms with Crippen molar-refractivity contribution in [1.82, 2.24) is 10.1 Å². The molecular weight excluding hydrogens is 494 g/mol. The first-order valence-electron chi connectivity index (χ1n) is 11.1. The fourth-order valence-electron chi connectivity index (χ4n) is 3.89. The Labute approximate surface area is 211 Å². The number of quaternary nitrogens is 1. The molecule has 6 nitrogen and oxygen atoms in total. The largest absolute Gasteiger partial charge is 1.00 e. The molecule has 1 aromatic heterocycles. The van der Waals surface area contributed by atoms with Crippen LogP contribution in [0.4, 0.5) is 0 Å². The summed E-state index contributed by atoms with van der Waals surface area (Å²) in [4.78, 5) is 4.62. The summed E-state index contributed by atoms with van der Waals surface area (Å²) in [6.07, 6.45) is 0.890. The predicted molar refractivity (Wildman–Crippen MR) is 127 cm³/mol. The van der Waals surface area contributed by atoms with Gasteiger partial charge in [0.1, 0.15) is 5.75 Å². The molecule has 0 aliphatic heterocycles. The summed E-state index contributed by atoms with van der Waals surface area (Å²) in [5, 5.41) is 16.0. The number of benzene rings is 3. The van der Waals surface area contributed by atoms with Gasteiger partial charge in [-0.3, -0.25) is 0 Å². The van der Waals surface area contributed by atoms with Gasteiger partial charge in [-0.05, 0) is 23.3 Å². The van der Waals surface area contributed by atoms with Crippen molar-refractivity contribution in [1.29, 1.82) is 0 Å². The van der Waals surface area contributed by atoms with Gasteiger partial charge in [0.2, 0.25) is 5.82 Å². The molecule has 1 heterocycles. The standard InChI is InChI=1S/C27H30N3O3.BrH/c1-30(2,19-12-20-32-24-17-10-5-11-18-24)21-25-28-26(29-33-25)27(31,22-13-6-3-7-14-22)23-15-8-4-9-16-23;/h3-11,13-18,31H,12,19-21H2,1-2H3;1H/q+1;/p-1. The molecule has 34 heavy (non-hydrogen) atoms. The van der Waals surface area contributed by atoms with E-state index in [-0.39, 0.29) is 22.8 Å². The number of hydrogen-bond donors (Lipinski definition) is 1. The van der Waals surface area contributed by atoms with Crippen LogP contribution in [0.2, 0.25) is 0 Å². The summed E-state index contributed by atoms with van der Waals surface area (Å²) >= 11 is 0. The molecule has 178 valence electrons. The van der Waals surface area contributed by atoms with E-state index >= 15 is 0 Å². The lowest BCUT2D eigenvalue weighted by Crippen LogP contribution is -3.00. The smallest absolute Gasteiger partial charge is 0.282 e. The topological polar surface area (TPSA) is 68.4 Å². The minimum absolute atomic E-state index is 0. The fourth-order valence-corrected chi connectivity index (χ4v) is 3.89. The highest BCUT2D eigenvalue weighted by molar-refractivity contribution is 5.41. The second-order valence-corrected chi connectivity index (χ2v) is 8.79. The Morgan fingerprint density at radius 3 is 1.94 bits per heavy atom. The first-order chi connectivity index (χ1) is 16.0. The quantitative estimate of drug-likeness (QED) is 0.251. The van der Waals surface area contributed by atoms with Crippen LogP contribution in [0.1, 0.15) is 29.3 Å². The average Bonchev–Trinajstić information content (AvgIpc) is 3.31. The van der Waals surface area contributed by atoms with Crippen LogP contribution in [0.3, 0.4) is 0 Å². The summed E-state index contributed by atoms with van der Waals surface area (Å²) in [6.45, 7) is 2.08. The van der Waals surface area contributed by atoms with Gasteiger partial charge in [0, 0.05) is 6.42 Å². The average molecular weight is 524 g/mol. The normalized spacial score (nSPS) is 11.6. The van der Waals surface area contributed by atoms with Gasteiger partial charge in [-0.25, -0.2) is 0 Å². The summed E-state index contributed by atoms with van der Waals surface area (Å²) < 4.78 is 12.1. The second-order valence-electron chi connectivity index (χ2n) is 8.79. The van der Waals surface area contributed by atoms with E-state index in [9.17, 15) is 5.11 Å². The minimum atomic E-state index is -1.50. The monoisotopic (exact) mass is 523 g/mol. The zero-order valence-corrected chi connectivity index (χ0v) is 21.1. The highest BCUT2D eigenvalue weighted by atomic mass is 79.9. The van der Waals surface area contributed by atoms with Crippen molar-refractivity contribution in [3.05, 3.63) is 114 Å². The SMILES string of the molecule is C[N+](C)(CCCOc1ccccc1)Cc1nc(C(O)(c2ccccc2)c2ccccc2)no1.[Br-]. The summed E-state index contributed by atoms with van der Waals surface area (Å²) in [5.41, 5.74) is -0.115. The van der Waals surface area contributed by atoms with Gasteiger partial charge in [0.25, 0.3) is 5.89 Å². The molecule has 0 saturated heterocycles. The Morgan fingerprint density at radius 1 is 0.853 bits per heavy atom. The Morgan fingerprint density at radius 2 is 1.38 bits per heavy atom. The molecule has 4 aromatic rings. The summed E-state index contributed by atoms with van der Waals surface area (Å²) in [7, 11) is 4.24. The van der Waals surface area contributed by atoms with E-state index < -0.39 is 5.60 Å². The molecule has 0 radical (unpaired) electrons. The molecule has 1 N–H and O–H groups in total. The first kappa shape index (κ1) is 25.6. The molecule has 0 spiro atoms. The van der Waals surface area contributed by atoms with Crippen LogP contribution < -0.4 is 21.7 Å². The van der Waals surface area contributed by atoms with E-state index in [1.54, 1.807) is 0 Å². The molecule has 4 rings (SSSR count). The van der Waals surface area contributed by atoms with E-state index in [2.05, 4.69) is 24.2 Å². The molecule has 0 unspecified atom stereocenters. The minimum Gasteiger partial charge on any atom is -1.00 e. The van der Waals surface area contributed by atoms with E-state index in [1.165, 1.54) is 0 Å². The van der Waals surface area contributed by atoms with Gasteiger partial charge in [0.05, 0.1) is 27.2 Å². The molecule has 0 aliphatic rings. The number of ether oxygens (including phenoxy) is 1. The number of rotatable bonds is 10. The predicted octanol–water partition coefficient (Wildman–Crippen LogP) is 1.40. The molecule has 7 heteroatoms. The Balaban J connectivity index is 0.00000324. The molecule has 0 bridgehead atoms. The van der Waals surface area contributed by atoms with Crippen molar-refractivity contribution in [3.63, 3.8) is 0 Å². The Kier molecular flexibility index (Phi) is 8.61. The van der Waals surface area contributed by atoms with E-state index in [0.29, 0.717) is 34.7 Å². The van der Waals surface area contributed by atoms with Crippen LogP contribution in [-0.2, 0) is 12.1 Å². The summed E-state index contributed by atoms with van der Waals surface area (Å²) in [6, 6.07) is 28.7. The van der Waals surface area contributed by atoms with E-state index in [0.717, 1.165) is 18.7 Å². The molecule has 0 amide bonds. The van der Waals surface area contributed by atoms with Crippen molar-refractivity contribution < 1.29 is 35.8 Å². The lowest BCUT2D eigenvalue weighted by molar-refractivity contribution is -0.905. The van der Waals surface area contributed by atoms with E-state index in [1.807, 2.05) is 91.0 Å². The van der Waals surface area contributed by atoms with Gasteiger partial charge in [-0.15, -0.1) is 0 Å². The number of nitrogens with zero attached hydrogens (tertiary/aromatic N) is 3. The maximum atomic E-state index is 11.8. The van der Waals surface area contributed by atoms with Crippen LogP contribution >= 0.6 is 0 Å². The molecular formula is C27H30BrN3O3. The van der Waals surface area contributed by atoms with Gasteiger partial charge in [-0.1, -0.05) is 84.0 Å². The highest BCUT2D eigenvalue weighted by Gasteiger charge is 2.39. The van der Waals surface area contributed by atoms with Crippen LogP contribution in [0.5, 0.6) is 5.75 Å². The third-order valence-corrected chi connectivity index (χ3v) is 5.66. The molecule has 0 fully saturated rings. The first-order valence-corrected chi connectivity index (χ1v) is 11.1. The number of halogens is 1. The third-order valence-electron chi connectivity index (χ3n) is 5.66. The van der Waals surface area contributed by atoms with Crippen molar-refractivity contribution in [2.75, 3.05) is 27.2 Å². The maximum Gasteiger partial charge on any atom is 0.282 e. The molecule has 3 aromatic carbocycles. The van der Waals surface area contributed by atoms with Crippen LogP contribution in [0, 0.1) is 0 Å². The Hall–Kier alpha value is -3.00. The zero-order valence-electron chi connectivity index (χ0n) is 19.5.